The minimum atomic E-state index is 0.125. The van der Waals surface area contributed by atoms with Crippen molar-refractivity contribution in [3.05, 3.63) is 70.7 Å². The minimum absolute atomic E-state index is 0.125. The third-order valence-corrected chi connectivity index (χ3v) is 5.60. The standard InChI is InChI=1S/C19H13BrOSe/c1-21-15-10-8-14(9-11-15)12-13-22-19-7-3-4-16-17(19)5-2-6-18(16)20/h2-11H,1H3. The van der Waals surface area contributed by atoms with Gasteiger partial charge in [0.15, 0.2) is 0 Å². The fourth-order valence-corrected chi connectivity index (χ4v) is 4.14. The number of rotatable bonds is 2. The van der Waals surface area contributed by atoms with Crippen LogP contribution in [0, 0.1) is 10.7 Å². The molecule has 0 aromatic heterocycles. The predicted octanol–water partition coefficient (Wildman–Crippen LogP) is 3.95. The molecule has 0 saturated carbocycles. The van der Waals surface area contributed by atoms with Gasteiger partial charge in [0.2, 0.25) is 0 Å². The zero-order valence-corrected chi connectivity index (χ0v) is 15.3. The van der Waals surface area contributed by atoms with Crippen molar-refractivity contribution in [2.75, 3.05) is 7.11 Å². The van der Waals surface area contributed by atoms with Crippen LogP contribution in [0.1, 0.15) is 5.56 Å². The summed E-state index contributed by atoms with van der Waals surface area (Å²) >= 11 is 3.73. The summed E-state index contributed by atoms with van der Waals surface area (Å²) in [5.74, 6) is 4.09. The van der Waals surface area contributed by atoms with E-state index in [1.54, 1.807) is 7.11 Å². The molecule has 0 atom stereocenters. The first-order chi connectivity index (χ1) is 10.8. The molecule has 0 N–H and O–H groups in total. The molecule has 3 rings (SSSR count). The van der Waals surface area contributed by atoms with Crippen molar-refractivity contribution in [2.45, 2.75) is 0 Å². The second-order valence-corrected chi connectivity index (χ2v) is 7.28. The van der Waals surface area contributed by atoms with Gasteiger partial charge in [-0.25, -0.2) is 0 Å². The van der Waals surface area contributed by atoms with E-state index in [0.717, 1.165) is 15.8 Å². The Morgan fingerprint density at radius 3 is 2.41 bits per heavy atom. The quantitative estimate of drug-likeness (QED) is 0.454. The summed E-state index contributed by atoms with van der Waals surface area (Å²) in [6, 6.07) is 20.5. The van der Waals surface area contributed by atoms with Gasteiger partial charge in [-0.15, -0.1) is 0 Å². The molecule has 0 spiro atoms. The summed E-state index contributed by atoms with van der Waals surface area (Å²) in [6.45, 7) is 0. The van der Waals surface area contributed by atoms with Gasteiger partial charge < -0.3 is 0 Å². The second kappa shape index (κ2) is 7.03. The van der Waals surface area contributed by atoms with Gasteiger partial charge in [0.05, 0.1) is 0 Å². The van der Waals surface area contributed by atoms with Gasteiger partial charge in [0, 0.05) is 0 Å². The van der Waals surface area contributed by atoms with E-state index in [9.17, 15) is 0 Å². The molecule has 1 nitrogen and oxygen atoms in total. The molecule has 0 amide bonds. The zero-order valence-electron chi connectivity index (χ0n) is 12.0. The average Bonchev–Trinajstić information content (AvgIpc) is 2.56. The van der Waals surface area contributed by atoms with Crippen LogP contribution in [-0.4, -0.2) is 22.1 Å². The molecule has 0 heterocycles. The van der Waals surface area contributed by atoms with E-state index in [1.165, 1.54) is 15.2 Å². The summed E-state index contributed by atoms with van der Waals surface area (Å²) < 4.78 is 7.60. The molecule has 22 heavy (non-hydrogen) atoms. The van der Waals surface area contributed by atoms with Crippen LogP contribution in [0.3, 0.4) is 0 Å². The molecule has 0 aliphatic heterocycles. The Bertz CT molecular complexity index is 860. The molecule has 3 heteroatoms. The maximum absolute atomic E-state index is 5.15. The van der Waals surface area contributed by atoms with E-state index >= 15 is 0 Å². The Morgan fingerprint density at radius 2 is 1.64 bits per heavy atom. The Morgan fingerprint density at radius 1 is 0.909 bits per heavy atom. The normalized spacial score (nSPS) is 10.1. The number of fused-ring (bicyclic) bond motifs is 1. The molecule has 0 aliphatic rings. The number of ether oxygens (including phenoxy) is 1. The maximum atomic E-state index is 5.15. The van der Waals surface area contributed by atoms with Crippen molar-refractivity contribution < 1.29 is 4.74 Å². The van der Waals surface area contributed by atoms with Gasteiger partial charge >= 0.3 is 145 Å². The van der Waals surface area contributed by atoms with Crippen LogP contribution in [0.5, 0.6) is 5.75 Å². The van der Waals surface area contributed by atoms with E-state index in [-0.39, 0.29) is 15.0 Å². The van der Waals surface area contributed by atoms with Gasteiger partial charge in [0.25, 0.3) is 0 Å². The number of halogens is 1. The molecule has 3 aromatic carbocycles. The van der Waals surface area contributed by atoms with Gasteiger partial charge in [-0.2, -0.15) is 0 Å². The van der Waals surface area contributed by atoms with Crippen LogP contribution >= 0.6 is 15.9 Å². The van der Waals surface area contributed by atoms with E-state index < -0.39 is 0 Å². The molecule has 3 aromatic rings. The first-order valence-corrected chi connectivity index (χ1v) is 9.28. The summed E-state index contributed by atoms with van der Waals surface area (Å²) in [5.41, 5.74) is 1.02. The number of methoxy groups -OCH3 is 1. The van der Waals surface area contributed by atoms with Crippen molar-refractivity contribution in [2.24, 2.45) is 0 Å². The zero-order chi connectivity index (χ0) is 15.4. The van der Waals surface area contributed by atoms with Gasteiger partial charge in [0.1, 0.15) is 0 Å². The SMILES string of the molecule is COc1ccc(C#C[Se]c2cccc3c(Br)cccc23)cc1. The first-order valence-electron chi connectivity index (χ1n) is 6.77. The van der Waals surface area contributed by atoms with E-state index in [4.69, 9.17) is 4.74 Å². The topological polar surface area (TPSA) is 9.23 Å². The fraction of sp³-hybridized carbons (Fsp3) is 0.0526. The van der Waals surface area contributed by atoms with Gasteiger partial charge in [-0.1, -0.05) is 0 Å². The van der Waals surface area contributed by atoms with Crippen LogP contribution in [0.25, 0.3) is 10.8 Å². The summed E-state index contributed by atoms with van der Waals surface area (Å²) in [6.07, 6.45) is 0. The Balaban J connectivity index is 1.85. The molecule has 0 fully saturated rings. The Hall–Kier alpha value is -1.72. The number of benzene rings is 3. The molecule has 0 saturated heterocycles. The van der Waals surface area contributed by atoms with Crippen LogP contribution in [0.2, 0.25) is 0 Å². The second-order valence-electron chi connectivity index (χ2n) is 4.65. The number of hydrogen-bond acceptors (Lipinski definition) is 1. The summed E-state index contributed by atoms with van der Waals surface area (Å²) in [7, 11) is 1.67. The molecular weight excluding hydrogens is 403 g/mol. The Kier molecular flexibility index (Phi) is 4.85. The fourth-order valence-electron chi connectivity index (χ4n) is 2.15. The van der Waals surface area contributed by atoms with Crippen LogP contribution in [-0.2, 0) is 0 Å². The van der Waals surface area contributed by atoms with Crippen molar-refractivity contribution >= 4 is 46.1 Å². The molecule has 0 bridgehead atoms. The van der Waals surface area contributed by atoms with Crippen LogP contribution in [0.4, 0.5) is 0 Å². The molecule has 0 radical (unpaired) electrons. The summed E-state index contributed by atoms with van der Waals surface area (Å²) in [5, 5.41) is 2.52. The van der Waals surface area contributed by atoms with Gasteiger partial charge in [-0.05, 0) is 0 Å². The predicted molar refractivity (Wildman–Crippen MR) is 96.9 cm³/mol. The summed E-state index contributed by atoms with van der Waals surface area (Å²) in [4.78, 5) is 3.32. The van der Waals surface area contributed by atoms with Crippen molar-refractivity contribution in [1.29, 1.82) is 0 Å². The first kappa shape index (κ1) is 15.2. The average molecular weight is 416 g/mol. The van der Waals surface area contributed by atoms with E-state index in [1.807, 2.05) is 24.3 Å². The van der Waals surface area contributed by atoms with Crippen molar-refractivity contribution in [3.63, 3.8) is 0 Å². The van der Waals surface area contributed by atoms with E-state index in [2.05, 4.69) is 63.1 Å². The van der Waals surface area contributed by atoms with Crippen LogP contribution < -0.4 is 9.20 Å². The van der Waals surface area contributed by atoms with E-state index in [0.29, 0.717) is 0 Å². The molecule has 0 unspecified atom stereocenters. The van der Waals surface area contributed by atoms with Gasteiger partial charge in [-0.3, -0.25) is 0 Å². The Labute approximate surface area is 145 Å². The monoisotopic (exact) mass is 416 g/mol. The molecule has 108 valence electrons. The molecule has 0 aliphatic carbocycles. The van der Waals surface area contributed by atoms with Crippen molar-refractivity contribution in [1.82, 2.24) is 0 Å². The molecular formula is C19H13BrOSe. The third kappa shape index (κ3) is 3.36. The van der Waals surface area contributed by atoms with Crippen LogP contribution in [0.15, 0.2) is 65.1 Å². The van der Waals surface area contributed by atoms with Crippen molar-refractivity contribution in [3.8, 4) is 16.5 Å². The number of hydrogen-bond donors (Lipinski definition) is 0. The third-order valence-electron chi connectivity index (χ3n) is 3.28.